The number of ether oxygens (including phenoxy) is 1. The van der Waals surface area contributed by atoms with Crippen molar-refractivity contribution in [1.82, 2.24) is 30.3 Å². The van der Waals surface area contributed by atoms with Gasteiger partial charge in [-0.2, -0.15) is 5.10 Å². The van der Waals surface area contributed by atoms with E-state index >= 15 is 0 Å². The van der Waals surface area contributed by atoms with E-state index in [1.807, 2.05) is 29.9 Å². The molecule has 4 aromatic rings. The minimum absolute atomic E-state index is 0.169. The molecular formula is C23H21FN8O2. The van der Waals surface area contributed by atoms with Gasteiger partial charge in [-0.3, -0.25) is 9.48 Å². The maximum atomic E-state index is 13.3. The van der Waals surface area contributed by atoms with Gasteiger partial charge in [0.15, 0.2) is 17.3 Å². The van der Waals surface area contributed by atoms with Crippen molar-refractivity contribution in [2.75, 3.05) is 17.7 Å². The highest BCUT2D eigenvalue weighted by atomic mass is 19.1. The van der Waals surface area contributed by atoms with E-state index in [2.05, 4.69) is 36.2 Å². The van der Waals surface area contributed by atoms with Gasteiger partial charge in [0, 0.05) is 30.8 Å². The molecule has 0 bridgehead atoms. The molecule has 172 valence electrons. The highest BCUT2D eigenvalue weighted by Gasteiger charge is 2.25. The average molecular weight is 460 g/mol. The van der Waals surface area contributed by atoms with Gasteiger partial charge in [-0.25, -0.2) is 9.37 Å². The monoisotopic (exact) mass is 460 g/mol. The molecule has 0 radical (unpaired) electrons. The molecule has 0 spiro atoms. The number of pyridine rings is 1. The van der Waals surface area contributed by atoms with Gasteiger partial charge in [0.05, 0.1) is 29.5 Å². The molecule has 1 aromatic carbocycles. The van der Waals surface area contributed by atoms with Crippen molar-refractivity contribution >= 4 is 28.9 Å². The molecule has 1 aliphatic rings. The smallest absolute Gasteiger partial charge is 0.271 e. The molecule has 0 atom stereocenters. The second kappa shape index (κ2) is 8.43. The summed E-state index contributed by atoms with van der Waals surface area (Å²) in [6.07, 6.45) is 2.89. The second-order valence-electron chi connectivity index (χ2n) is 7.70. The third-order valence-corrected chi connectivity index (χ3v) is 5.55. The predicted octanol–water partition coefficient (Wildman–Crippen LogP) is 3.46. The molecule has 34 heavy (non-hydrogen) atoms. The van der Waals surface area contributed by atoms with E-state index in [4.69, 9.17) is 4.74 Å². The molecule has 0 saturated carbocycles. The van der Waals surface area contributed by atoms with Crippen LogP contribution in [0, 0.1) is 12.7 Å². The molecule has 1 aliphatic heterocycles. The van der Waals surface area contributed by atoms with Gasteiger partial charge in [-0.15, -0.1) is 10.2 Å². The Kier molecular flexibility index (Phi) is 5.28. The van der Waals surface area contributed by atoms with Crippen LogP contribution in [0.25, 0.3) is 11.3 Å². The van der Waals surface area contributed by atoms with Crippen LogP contribution in [-0.2, 0) is 13.7 Å². The summed E-state index contributed by atoms with van der Waals surface area (Å²) < 4.78 is 21.2. The first-order valence-corrected chi connectivity index (χ1v) is 10.5. The van der Waals surface area contributed by atoms with Gasteiger partial charge in [-0.05, 0) is 31.2 Å². The highest BCUT2D eigenvalue weighted by molar-refractivity contribution is 5.96. The molecule has 0 aliphatic carbocycles. The van der Waals surface area contributed by atoms with Crippen molar-refractivity contribution in [2.45, 2.75) is 13.5 Å². The number of rotatable bonds is 5. The Morgan fingerprint density at radius 1 is 1.15 bits per heavy atom. The SMILES string of the molecule is CNC(=O)c1nnc(Nc2ccc(F)cn2)c(Nc2cccc3c2OCc2cnn(C)c2-3)c1C. The zero-order valence-electron chi connectivity index (χ0n) is 18.7. The second-order valence-corrected chi connectivity index (χ2v) is 7.70. The number of nitrogens with one attached hydrogen (secondary N) is 3. The summed E-state index contributed by atoms with van der Waals surface area (Å²) >= 11 is 0. The van der Waals surface area contributed by atoms with Crippen molar-refractivity contribution in [2.24, 2.45) is 7.05 Å². The number of nitrogens with zero attached hydrogens (tertiary/aromatic N) is 5. The van der Waals surface area contributed by atoms with Crippen LogP contribution in [-0.4, -0.2) is 37.9 Å². The molecule has 1 amide bonds. The summed E-state index contributed by atoms with van der Waals surface area (Å²) in [7, 11) is 3.41. The van der Waals surface area contributed by atoms with Crippen molar-refractivity contribution in [3.63, 3.8) is 0 Å². The molecule has 0 saturated heterocycles. The van der Waals surface area contributed by atoms with Gasteiger partial charge >= 0.3 is 0 Å². The number of carbonyl (C=O) groups excluding carboxylic acids is 1. The molecule has 3 aromatic heterocycles. The topological polar surface area (TPSA) is 119 Å². The summed E-state index contributed by atoms with van der Waals surface area (Å²) in [6.45, 7) is 2.15. The van der Waals surface area contributed by atoms with Gasteiger partial charge in [0.25, 0.3) is 5.91 Å². The van der Waals surface area contributed by atoms with Crippen LogP contribution in [0.5, 0.6) is 5.75 Å². The number of aryl methyl sites for hydroxylation is 1. The standard InChI is InChI=1S/C23H21FN8O2/c1-12-18(22(31-30-19(12)23(33)25-2)29-17-8-7-14(24)10-26-17)28-16-6-4-5-15-20-13(9-27-32(20)3)11-34-21(15)16/h4-10H,11H2,1-3H3,(H,25,33)(H,28,30)(H,26,29,31). The largest absolute Gasteiger partial charge is 0.486 e. The lowest BCUT2D eigenvalue weighted by atomic mass is 10.0. The lowest BCUT2D eigenvalue weighted by Gasteiger charge is -2.23. The van der Waals surface area contributed by atoms with Crippen LogP contribution in [0.2, 0.25) is 0 Å². The lowest BCUT2D eigenvalue weighted by molar-refractivity contribution is 0.0956. The van der Waals surface area contributed by atoms with Crippen molar-refractivity contribution < 1.29 is 13.9 Å². The van der Waals surface area contributed by atoms with E-state index in [1.54, 1.807) is 13.1 Å². The zero-order chi connectivity index (χ0) is 23.8. The molecule has 0 fully saturated rings. The van der Waals surface area contributed by atoms with E-state index < -0.39 is 5.82 Å². The van der Waals surface area contributed by atoms with Gasteiger partial charge in [0.2, 0.25) is 0 Å². The van der Waals surface area contributed by atoms with Gasteiger partial charge in [0.1, 0.15) is 18.2 Å². The van der Waals surface area contributed by atoms with Gasteiger partial charge in [-0.1, -0.05) is 6.07 Å². The first-order chi connectivity index (χ1) is 16.5. The number of aromatic nitrogens is 5. The Balaban J connectivity index is 1.60. The zero-order valence-corrected chi connectivity index (χ0v) is 18.7. The number of hydrogen-bond acceptors (Lipinski definition) is 8. The molecule has 4 heterocycles. The van der Waals surface area contributed by atoms with Crippen LogP contribution in [0.1, 0.15) is 21.6 Å². The Bertz CT molecular complexity index is 1400. The number of anilines is 4. The third kappa shape index (κ3) is 3.66. The molecule has 0 unspecified atom stereocenters. The first kappa shape index (κ1) is 21.3. The molecule has 10 nitrogen and oxygen atoms in total. The Hall–Kier alpha value is -4.54. The maximum absolute atomic E-state index is 13.3. The third-order valence-electron chi connectivity index (χ3n) is 5.55. The maximum Gasteiger partial charge on any atom is 0.271 e. The normalized spacial score (nSPS) is 11.8. The minimum Gasteiger partial charge on any atom is -0.486 e. The van der Waals surface area contributed by atoms with Crippen LogP contribution in [0.4, 0.5) is 27.4 Å². The van der Waals surface area contributed by atoms with E-state index in [-0.39, 0.29) is 11.6 Å². The quantitative estimate of drug-likeness (QED) is 0.414. The fourth-order valence-electron chi connectivity index (χ4n) is 3.86. The van der Waals surface area contributed by atoms with Crippen molar-refractivity contribution in [1.29, 1.82) is 0 Å². The number of fused-ring (bicyclic) bond motifs is 3. The van der Waals surface area contributed by atoms with Crippen LogP contribution in [0.15, 0.2) is 42.7 Å². The number of hydrogen-bond donors (Lipinski definition) is 3. The molecular weight excluding hydrogens is 439 g/mol. The van der Waals surface area contributed by atoms with E-state index in [0.29, 0.717) is 40.9 Å². The Labute approximate surface area is 194 Å². The summed E-state index contributed by atoms with van der Waals surface area (Å²) in [5, 5.41) is 21.6. The van der Waals surface area contributed by atoms with Crippen LogP contribution < -0.4 is 20.7 Å². The fraction of sp³-hybridized carbons (Fsp3) is 0.174. The minimum atomic E-state index is -0.455. The average Bonchev–Trinajstić information content (AvgIpc) is 3.23. The van der Waals surface area contributed by atoms with E-state index in [1.165, 1.54) is 19.2 Å². The molecule has 3 N–H and O–H groups in total. The number of para-hydroxylation sites is 1. The Morgan fingerprint density at radius 3 is 2.76 bits per heavy atom. The van der Waals surface area contributed by atoms with E-state index in [9.17, 15) is 9.18 Å². The number of amides is 1. The van der Waals surface area contributed by atoms with Crippen molar-refractivity contribution in [3.05, 3.63) is 65.4 Å². The van der Waals surface area contributed by atoms with E-state index in [0.717, 1.165) is 23.0 Å². The molecule has 11 heteroatoms. The summed E-state index contributed by atoms with van der Waals surface area (Å²) in [6, 6.07) is 8.52. The summed E-state index contributed by atoms with van der Waals surface area (Å²) in [5.74, 6) is 0.520. The highest BCUT2D eigenvalue weighted by Crippen LogP contribution is 2.44. The fourth-order valence-corrected chi connectivity index (χ4v) is 3.86. The summed E-state index contributed by atoms with van der Waals surface area (Å²) in [5.41, 5.74) is 4.80. The molecule has 5 rings (SSSR count). The van der Waals surface area contributed by atoms with Crippen LogP contribution in [0.3, 0.4) is 0 Å². The predicted molar refractivity (Wildman–Crippen MR) is 124 cm³/mol. The lowest BCUT2D eigenvalue weighted by Crippen LogP contribution is -2.22. The number of carbonyl (C=O) groups is 1. The van der Waals surface area contributed by atoms with Crippen LogP contribution >= 0.6 is 0 Å². The first-order valence-electron chi connectivity index (χ1n) is 10.5. The Morgan fingerprint density at radius 2 is 2.00 bits per heavy atom. The van der Waals surface area contributed by atoms with Crippen molar-refractivity contribution in [3.8, 4) is 17.0 Å². The summed E-state index contributed by atoms with van der Waals surface area (Å²) in [4.78, 5) is 16.4. The number of halogens is 1. The van der Waals surface area contributed by atoms with Gasteiger partial charge < -0.3 is 20.7 Å². The number of benzene rings is 1.